The maximum Gasteiger partial charge on any atom is 0.356 e. The number of carbonyl (C=O) groups excluding carboxylic acids is 1. The molecule has 7 heteroatoms. The zero-order chi connectivity index (χ0) is 11.6. The lowest BCUT2D eigenvalue weighted by molar-refractivity contribution is 0.0515. The minimum atomic E-state index is -1.71. The average Bonchev–Trinajstić information content (AvgIpc) is 2.42. The first-order chi connectivity index (χ1) is 6.99. The number of nitrogens with two attached hydrogens (primary N) is 1. The third kappa shape index (κ3) is 2.39. The molecule has 0 fully saturated rings. The monoisotopic (exact) mass is 250 g/mol. The fourth-order valence-electron chi connectivity index (χ4n) is 1.14. The van der Waals surface area contributed by atoms with Crippen molar-refractivity contribution in [3.05, 3.63) is 16.9 Å². The Bertz CT molecular complexity index is 416. The quantitative estimate of drug-likeness (QED) is 0.808. The molecule has 0 saturated carbocycles. The van der Waals surface area contributed by atoms with Crippen LogP contribution < -0.4 is 5.14 Å². The number of aryl methyl sites for hydroxylation is 1. The fourth-order valence-corrected chi connectivity index (χ4v) is 2.16. The predicted molar refractivity (Wildman–Crippen MR) is 57.0 cm³/mol. The molecule has 0 aliphatic rings. The summed E-state index contributed by atoms with van der Waals surface area (Å²) in [4.78, 5) is 11.7. The highest BCUT2D eigenvalue weighted by Gasteiger charge is 2.21. The average molecular weight is 251 g/mol. The van der Waals surface area contributed by atoms with Crippen molar-refractivity contribution >= 4 is 28.6 Å². The van der Waals surface area contributed by atoms with E-state index in [-0.39, 0.29) is 22.2 Å². The number of esters is 1. The molecule has 84 valence electrons. The van der Waals surface area contributed by atoms with Crippen molar-refractivity contribution in [1.82, 2.24) is 4.57 Å². The summed E-state index contributed by atoms with van der Waals surface area (Å²) >= 11 is 5.86. The Hall–Kier alpha value is -0.850. The molecule has 15 heavy (non-hydrogen) atoms. The van der Waals surface area contributed by atoms with Crippen molar-refractivity contribution in [2.45, 2.75) is 11.8 Å². The van der Waals surface area contributed by atoms with Crippen molar-refractivity contribution in [3.8, 4) is 0 Å². The lowest BCUT2D eigenvalue weighted by Crippen LogP contribution is -2.09. The van der Waals surface area contributed by atoms with E-state index in [1.54, 1.807) is 14.0 Å². The summed E-state index contributed by atoms with van der Waals surface area (Å²) in [7, 11) is -0.105. The van der Waals surface area contributed by atoms with E-state index in [1.165, 1.54) is 10.8 Å². The minimum Gasteiger partial charge on any atom is -0.461 e. The van der Waals surface area contributed by atoms with Crippen molar-refractivity contribution < 1.29 is 13.7 Å². The van der Waals surface area contributed by atoms with Gasteiger partial charge in [0, 0.05) is 13.2 Å². The molecule has 5 nitrogen and oxygen atoms in total. The Kier molecular flexibility index (Phi) is 3.90. The van der Waals surface area contributed by atoms with Crippen LogP contribution in [0.3, 0.4) is 0 Å². The number of hydrogen-bond acceptors (Lipinski definition) is 3. The normalized spacial score (nSPS) is 12.5. The largest absolute Gasteiger partial charge is 0.461 e. The molecule has 1 aromatic heterocycles. The highest BCUT2D eigenvalue weighted by molar-refractivity contribution is 7.82. The van der Waals surface area contributed by atoms with E-state index < -0.39 is 17.0 Å². The maximum atomic E-state index is 11.5. The van der Waals surface area contributed by atoms with Gasteiger partial charge in [-0.3, -0.25) is 0 Å². The van der Waals surface area contributed by atoms with Gasteiger partial charge in [0.1, 0.15) is 16.7 Å². The van der Waals surface area contributed by atoms with E-state index in [0.717, 1.165) is 0 Å². The molecule has 0 aromatic carbocycles. The standard InChI is InChI=1S/C8H11ClN2O3S/c1-3-14-8(12)7-6(9)5(15(10)13)4-11(7)2/h4H,3,10H2,1-2H3. The molecule has 0 radical (unpaired) electrons. The van der Waals surface area contributed by atoms with Gasteiger partial charge in [0.2, 0.25) is 0 Å². The highest BCUT2D eigenvalue weighted by atomic mass is 35.5. The Morgan fingerprint density at radius 2 is 2.33 bits per heavy atom. The summed E-state index contributed by atoms with van der Waals surface area (Å²) in [5.41, 5.74) is 0.160. The molecule has 1 rings (SSSR count). The van der Waals surface area contributed by atoms with Crippen LogP contribution in [-0.2, 0) is 22.8 Å². The van der Waals surface area contributed by atoms with E-state index in [0.29, 0.717) is 0 Å². The molecule has 0 aliphatic carbocycles. The SMILES string of the molecule is CCOC(=O)c1c(Cl)c(S(N)=O)cn1C. The van der Waals surface area contributed by atoms with Gasteiger partial charge in [-0.2, -0.15) is 0 Å². The van der Waals surface area contributed by atoms with Gasteiger partial charge in [0.25, 0.3) is 0 Å². The van der Waals surface area contributed by atoms with Gasteiger partial charge in [0.05, 0.1) is 16.5 Å². The summed E-state index contributed by atoms with van der Waals surface area (Å²) in [6.07, 6.45) is 1.45. The van der Waals surface area contributed by atoms with Crippen LogP contribution >= 0.6 is 11.6 Å². The van der Waals surface area contributed by atoms with Crippen molar-refractivity contribution in [3.63, 3.8) is 0 Å². The molecule has 0 saturated heterocycles. The molecule has 0 spiro atoms. The molecule has 1 heterocycles. The number of nitrogens with zero attached hydrogens (tertiary/aromatic N) is 1. The highest BCUT2D eigenvalue weighted by Crippen LogP contribution is 2.25. The summed E-state index contributed by atoms with van der Waals surface area (Å²) < 4.78 is 17.3. The molecule has 2 N–H and O–H groups in total. The Balaban J connectivity index is 3.19. The van der Waals surface area contributed by atoms with Crippen LogP contribution in [0.25, 0.3) is 0 Å². The first kappa shape index (κ1) is 12.2. The van der Waals surface area contributed by atoms with Crippen LogP contribution in [0.4, 0.5) is 0 Å². The van der Waals surface area contributed by atoms with E-state index in [9.17, 15) is 9.00 Å². The number of hydrogen-bond donors (Lipinski definition) is 1. The van der Waals surface area contributed by atoms with Crippen LogP contribution in [-0.4, -0.2) is 21.4 Å². The molecule has 1 unspecified atom stereocenters. The third-order valence-corrected chi connectivity index (χ3v) is 3.01. The summed E-state index contributed by atoms with van der Waals surface area (Å²) in [5, 5.41) is 5.27. The second kappa shape index (κ2) is 4.78. The van der Waals surface area contributed by atoms with Crippen molar-refractivity contribution in [2.75, 3.05) is 6.61 Å². The van der Waals surface area contributed by atoms with Crippen LogP contribution in [0.1, 0.15) is 17.4 Å². The lowest BCUT2D eigenvalue weighted by Gasteiger charge is -2.02. The third-order valence-electron chi connectivity index (χ3n) is 1.77. The Morgan fingerprint density at radius 1 is 1.73 bits per heavy atom. The van der Waals surface area contributed by atoms with Gasteiger partial charge in [-0.05, 0) is 6.92 Å². The molecule has 1 aromatic rings. The van der Waals surface area contributed by atoms with Crippen LogP contribution in [0.15, 0.2) is 11.1 Å². The van der Waals surface area contributed by atoms with E-state index in [2.05, 4.69) is 0 Å². The summed E-state index contributed by atoms with van der Waals surface area (Å²) in [6, 6.07) is 0. The minimum absolute atomic E-state index is 0.0804. The van der Waals surface area contributed by atoms with Gasteiger partial charge in [0.15, 0.2) is 0 Å². The number of aromatic nitrogens is 1. The molecule has 0 aliphatic heterocycles. The number of ether oxygens (including phenoxy) is 1. The fraction of sp³-hybridized carbons (Fsp3) is 0.375. The van der Waals surface area contributed by atoms with E-state index in [1.807, 2.05) is 0 Å². The van der Waals surface area contributed by atoms with Crippen molar-refractivity contribution in [1.29, 1.82) is 0 Å². The topological polar surface area (TPSA) is 74.3 Å². The van der Waals surface area contributed by atoms with Crippen LogP contribution in [0, 0.1) is 0 Å². The van der Waals surface area contributed by atoms with Gasteiger partial charge in [-0.15, -0.1) is 0 Å². The van der Waals surface area contributed by atoms with E-state index in [4.69, 9.17) is 21.5 Å². The first-order valence-corrected chi connectivity index (χ1v) is 5.76. The number of rotatable bonds is 3. The predicted octanol–water partition coefficient (Wildman–Crippen LogP) is 0.837. The van der Waals surface area contributed by atoms with Crippen LogP contribution in [0.2, 0.25) is 5.02 Å². The molecule has 0 bridgehead atoms. The maximum absolute atomic E-state index is 11.5. The molecular weight excluding hydrogens is 240 g/mol. The first-order valence-electron chi connectivity index (χ1n) is 4.17. The zero-order valence-electron chi connectivity index (χ0n) is 8.32. The molecular formula is C8H11ClN2O3S. The second-order valence-electron chi connectivity index (χ2n) is 2.78. The number of carbonyl (C=O) groups is 1. The van der Waals surface area contributed by atoms with Gasteiger partial charge in [-0.1, -0.05) is 11.6 Å². The Morgan fingerprint density at radius 3 is 2.73 bits per heavy atom. The van der Waals surface area contributed by atoms with Gasteiger partial charge >= 0.3 is 5.97 Å². The summed E-state index contributed by atoms with van der Waals surface area (Å²) in [6.45, 7) is 1.94. The number of halogens is 1. The van der Waals surface area contributed by atoms with Crippen molar-refractivity contribution in [2.24, 2.45) is 12.2 Å². The second-order valence-corrected chi connectivity index (χ2v) is 4.20. The van der Waals surface area contributed by atoms with Gasteiger partial charge < -0.3 is 9.30 Å². The molecule has 1 atom stereocenters. The lowest BCUT2D eigenvalue weighted by atomic mass is 10.4. The smallest absolute Gasteiger partial charge is 0.356 e. The zero-order valence-corrected chi connectivity index (χ0v) is 9.89. The Labute approximate surface area is 94.7 Å². The molecule has 0 amide bonds. The van der Waals surface area contributed by atoms with E-state index >= 15 is 0 Å². The summed E-state index contributed by atoms with van der Waals surface area (Å²) in [5.74, 6) is -0.554. The van der Waals surface area contributed by atoms with Crippen LogP contribution in [0.5, 0.6) is 0 Å². The van der Waals surface area contributed by atoms with Gasteiger partial charge in [-0.25, -0.2) is 14.1 Å².